The molecule has 4 nitrogen and oxygen atoms in total. The zero-order valence-corrected chi connectivity index (χ0v) is 11.6. The number of amides is 1. The van der Waals surface area contributed by atoms with E-state index in [4.69, 9.17) is 5.73 Å². The Balaban J connectivity index is 2.15. The van der Waals surface area contributed by atoms with Crippen molar-refractivity contribution in [2.45, 2.75) is 25.8 Å². The highest BCUT2D eigenvalue weighted by molar-refractivity contribution is 7.09. The molecule has 1 aromatic heterocycles. The molecule has 100 valence electrons. The first kappa shape index (κ1) is 13.5. The molecular formula is C14H17N3OS. The Morgan fingerprint density at radius 3 is 2.74 bits per heavy atom. The molecule has 19 heavy (non-hydrogen) atoms. The van der Waals surface area contributed by atoms with E-state index in [-0.39, 0.29) is 6.04 Å². The fourth-order valence-corrected chi connectivity index (χ4v) is 2.80. The molecule has 1 amide bonds. The average Bonchev–Trinajstić information content (AvgIpc) is 2.89. The molecule has 0 radical (unpaired) electrons. The molecule has 0 saturated carbocycles. The first-order chi connectivity index (χ1) is 9.22. The van der Waals surface area contributed by atoms with Crippen molar-refractivity contribution < 1.29 is 4.79 Å². The van der Waals surface area contributed by atoms with Gasteiger partial charge in [-0.3, -0.25) is 4.79 Å². The minimum atomic E-state index is -0.0774. The number of benzene rings is 1. The molecular weight excluding hydrogens is 258 g/mol. The number of thiazole rings is 1. The maximum absolute atomic E-state index is 10.8. The summed E-state index contributed by atoms with van der Waals surface area (Å²) in [6.45, 7) is 2.07. The van der Waals surface area contributed by atoms with Gasteiger partial charge in [-0.05, 0) is 30.5 Å². The summed E-state index contributed by atoms with van der Waals surface area (Å²) in [5, 5.41) is 5.82. The minimum Gasteiger partial charge on any atom is -0.399 e. The molecule has 5 heteroatoms. The number of nitrogens with zero attached hydrogens (tertiary/aromatic N) is 1. The number of nitrogens with two attached hydrogens (primary N) is 1. The van der Waals surface area contributed by atoms with Crippen LogP contribution in [0.2, 0.25) is 0 Å². The van der Waals surface area contributed by atoms with Crippen molar-refractivity contribution in [2.75, 3.05) is 5.73 Å². The Kier molecular flexibility index (Phi) is 4.52. The lowest BCUT2D eigenvalue weighted by atomic mass is 10.1. The van der Waals surface area contributed by atoms with Crippen LogP contribution in [0.1, 0.15) is 29.2 Å². The van der Waals surface area contributed by atoms with Gasteiger partial charge in [0, 0.05) is 11.1 Å². The van der Waals surface area contributed by atoms with Gasteiger partial charge in [-0.2, -0.15) is 0 Å². The van der Waals surface area contributed by atoms with Crippen LogP contribution in [-0.2, 0) is 17.6 Å². The molecule has 0 spiro atoms. The van der Waals surface area contributed by atoms with Gasteiger partial charge in [0.15, 0.2) is 0 Å². The van der Waals surface area contributed by atoms with Gasteiger partial charge in [-0.15, -0.1) is 11.3 Å². The number of rotatable bonds is 6. The number of carbonyl (C=O) groups is 1. The summed E-state index contributed by atoms with van der Waals surface area (Å²) in [5.74, 6) is 0. The van der Waals surface area contributed by atoms with E-state index in [0.29, 0.717) is 0 Å². The third kappa shape index (κ3) is 3.54. The van der Waals surface area contributed by atoms with Crippen molar-refractivity contribution in [2.24, 2.45) is 0 Å². The second-order valence-corrected chi connectivity index (χ2v) is 5.20. The van der Waals surface area contributed by atoms with Crippen LogP contribution in [0.25, 0.3) is 0 Å². The third-order valence-corrected chi connectivity index (χ3v) is 3.93. The third-order valence-electron chi connectivity index (χ3n) is 2.92. The number of carbonyl (C=O) groups excluding carboxylic acids is 1. The van der Waals surface area contributed by atoms with Crippen LogP contribution in [0.3, 0.4) is 0 Å². The second-order valence-electron chi connectivity index (χ2n) is 4.31. The number of hydrogen-bond donors (Lipinski definition) is 2. The molecule has 0 aliphatic rings. The SMILES string of the molecule is CCc1csc([C@H](Cc2ccc(N)cc2)NC=O)n1. The second kappa shape index (κ2) is 6.33. The van der Waals surface area contributed by atoms with Crippen molar-refractivity contribution in [3.05, 3.63) is 45.9 Å². The van der Waals surface area contributed by atoms with Crippen molar-refractivity contribution in [1.29, 1.82) is 0 Å². The van der Waals surface area contributed by atoms with Crippen LogP contribution >= 0.6 is 11.3 Å². The highest BCUT2D eigenvalue weighted by Crippen LogP contribution is 2.22. The van der Waals surface area contributed by atoms with E-state index in [2.05, 4.69) is 17.2 Å². The minimum absolute atomic E-state index is 0.0774. The fourth-order valence-electron chi connectivity index (χ4n) is 1.83. The number of nitrogen functional groups attached to an aromatic ring is 1. The van der Waals surface area contributed by atoms with Gasteiger partial charge in [0.05, 0.1) is 11.7 Å². The molecule has 0 aliphatic heterocycles. The zero-order valence-electron chi connectivity index (χ0n) is 10.8. The smallest absolute Gasteiger partial charge is 0.207 e. The molecule has 2 rings (SSSR count). The Morgan fingerprint density at radius 2 is 2.16 bits per heavy atom. The number of aromatic nitrogens is 1. The van der Waals surface area contributed by atoms with Gasteiger partial charge in [0.25, 0.3) is 0 Å². The van der Waals surface area contributed by atoms with Crippen LogP contribution in [0.4, 0.5) is 5.69 Å². The first-order valence-corrected chi connectivity index (χ1v) is 7.09. The maximum Gasteiger partial charge on any atom is 0.207 e. The predicted octanol–water partition coefficient (Wildman–Crippen LogP) is 2.32. The molecule has 2 aromatic rings. The molecule has 1 atom stereocenters. The van der Waals surface area contributed by atoms with Gasteiger partial charge >= 0.3 is 0 Å². The topological polar surface area (TPSA) is 68.0 Å². The fraction of sp³-hybridized carbons (Fsp3) is 0.286. The van der Waals surface area contributed by atoms with Gasteiger partial charge < -0.3 is 11.1 Å². The van der Waals surface area contributed by atoms with Crippen molar-refractivity contribution in [3.8, 4) is 0 Å². The molecule has 1 aromatic carbocycles. The highest BCUT2D eigenvalue weighted by Gasteiger charge is 2.15. The zero-order chi connectivity index (χ0) is 13.7. The molecule has 0 bridgehead atoms. The summed E-state index contributed by atoms with van der Waals surface area (Å²) in [7, 11) is 0. The van der Waals surface area contributed by atoms with E-state index in [1.165, 1.54) is 0 Å². The van der Waals surface area contributed by atoms with E-state index < -0.39 is 0 Å². The normalized spacial score (nSPS) is 12.1. The molecule has 0 unspecified atom stereocenters. The van der Waals surface area contributed by atoms with Crippen molar-refractivity contribution in [3.63, 3.8) is 0 Å². The van der Waals surface area contributed by atoms with Crippen LogP contribution in [0.15, 0.2) is 29.6 Å². The van der Waals surface area contributed by atoms with Gasteiger partial charge in [-0.25, -0.2) is 4.98 Å². The standard InChI is InChI=1S/C14H17N3OS/c1-2-12-8-19-14(17-12)13(16-9-18)7-10-3-5-11(15)6-4-10/h3-6,8-9,13H,2,7,15H2,1H3,(H,16,18)/t13-/m0/s1. The van der Waals surface area contributed by atoms with Crippen molar-refractivity contribution in [1.82, 2.24) is 10.3 Å². The Labute approximate surface area is 116 Å². The lowest BCUT2D eigenvalue weighted by molar-refractivity contribution is -0.110. The summed E-state index contributed by atoms with van der Waals surface area (Å²) >= 11 is 1.59. The van der Waals surface area contributed by atoms with Gasteiger partial charge in [0.1, 0.15) is 5.01 Å². The number of nitrogens with one attached hydrogen (secondary N) is 1. The predicted molar refractivity (Wildman–Crippen MR) is 78.0 cm³/mol. The van der Waals surface area contributed by atoms with Gasteiger partial charge in [-0.1, -0.05) is 19.1 Å². The monoisotopic (exact) mass is 275 g/mol. The van der Waals surface area contributed by atoms with E-state index in [1.54, 1.807) is 11.3 Å². The summed E-state index contributed by atoms with van der Waals surface area (Å²) in [5.41, 5.74) is 8.60. The Morgan fingerprint density at radius 1 is 1.42 bits per heavy atom. The maximum atomic E-state index is 10.8. The molecule has 0 saturated heterocycles. The summed E-state index contributed by atoms with van der Waals surface area (Å²) in [6, 6.07) is 7.61. The summed E-state index contributed by atoms with van der Waals surface area (Å²) < 4.78 is 0. The van der Waals surface area contributed by atoms with E-state index >= 15 is 0 Å². The Hall–Kier alpha value is -1.88. The number of anilines is 1. The lowest BCUT2D eigenvalue weighted by Gasteiger charge is -2.13. The summed E-state index contributed by atoms with van der Waals surface area (Å²) in [6.07, 6.45) is 2.36. The van der Waals surface area contributed by atoms with E-state index in [9.17, 15) is 4.79 Å². The largest absolute Gasteiger partial charge is 0.399 e. The molecule has 0 aliphatic carbocycles. The van der Waals surface area contributed by atoms with Crippen LogP contribution < -0.4 is 11.1 Å². The first-order valence-electron chi connectivity index (χ1n) is 6.21. The Bertz CT molecular complexity index is 536. The van der Waals surface area contributed by atoms with E-state index in [0.717, 1.165) is 41.2 Å². The quantitative estimate of drug-likeness (QED) is 0.628. The lowest BCUT2D eigenvalue weighted by Crippen LogP contribution is -2.21. The van der Waals surface area contributed by atoms with Crippen LogP contribution in [-0.4, -0.2) is 11.4 Å². The summed E-state index contributed by atoms with van der Waals surface area (Å²) in [4.78, 5) is 15.3. The molecule has 1 heterocycles. The highest BCUT2D eigenvalue weighted by atomic mass is 32.1. The molecule has 0 fully saturated rings. The van der Waals surface area contributed by atoms with Gasteiger partial charge in [0.2, 0.25) is 6.41 Å². The molecule has 3 N–H and O–H groups in total. The van der Waals surface area contributed by atoms with Crippen LogP contribution in [0, 0.1) is 0 Å². The number of hydrogen-bond acceptors (Lipinski definition) is 4. The van der Waals surface area contributed by atoms with Crippen molar-refractivity contribution >= 4 is 23.4 Å². The number of aryl methyl sites for hydroxylation is 1. The average molecular weight is 275 g/mol. The van der Waals surface area contributed by atoms with Crippen LogP contribution in [0.5, 0.6) is 0 Å². The van der Waals surface area contributed by atoms with E-state index in [1.807, 2.05) is 29.6 Å².